The van der Waals surface area contributed by atoms with Gasteiger partial charge in [0, 0.05) is 16.9 Å². The smallest absolute Gasteiger partial charge is 0.316 e. The van der Waals surface area contributed by atoms with Crippen molar-refractivity contribution in [1.29, 1.82) is 0 Å². The van der Waals surface area contributed by atoms with Gasteiger partial charge in [0.2, 0.25) is 6.04 Å². The number of benzene rings is 1. The number of carbonyl (C=O) groups excluding carboxylic acids is 2. The number of nitro groups is 1. The molecule has 21 heavy (non-hydrogen) atoms. The summed E-state index contributed by atoms with van der Waals surface area (Å²) >= 11 is 0. The van der Waals surface area contributed by atoms with Crippen LogP contribution in [-0.2, 0) is 9.53 Å². The summed E-state index contributed by atoms with van der Waals surface area (Å²) < 4.78 is 10.1. The molecule has 1 aromatic carbocycles. The summed E-state index contributed by atoms with van der Waals surface area (Å²) in [7, 11) is 0. The monoisotopic (exact) mass is 293 g/mol. The number of hydrogen-bond acceptors (Lipinski definition) is 6. The van der Waals surface area contributed by atoms with Gasteiger partial charge in [-0.3, -0.25) is 19.7 Å². The second kappa shape index (κ2) is 6.34. The van der Waals surface area contributed by atoms with E-state index in [1.165, 1.54) is 0 Å². The highest BCUT2D eigenvalue weighted by molar-refractivity contribution is 5.98. The van der Waals surface area contributed by atoms with Crippen LogP contribution in [-0.4, -0.2) is 35.9 Å². The Hall–Kier alpha value is -2.44. The van der Waals surface area contributed by atoms with E-state index in [0.717, 1.165) is 0 Å². The Balaban J connectivity index is 1.82. The van der Waals surface area contributed by atoms with Crippen LogP contribution in [0.15, 0.2) is 24.3 Å². The summed E-state index contributed by atoms with van der Waals surface area (Å²) in [5.41, 5.74) is 0.396. The molecule has 7 heteroatoms. The van der Waals surface area contributed by atoms with Gasteiger partial charge in [0.15, 0.2) is 12.4 Å². The summed E-state index contributed by atoms with van der Waals surface area (Å²) in [6.45, 7) is 1.98. The lowest BCUT2D eigenvalue weighted by atomic mass is 10.1. The quantitative estimate of drug-likeness (QED) is 0.327. The molecule has 1 aliphatic rings. The molecule has 0 spiro atoms. The van der Waals surface area contributed by atoms with Gasteiger partial charge < -0.3 is 9.47 Å². The van der Waals surface area contributed by atoms with Crippen molar-refractivity contribution in [2.75, 3.05) is 13.2 Å². The third kappa shape index (κ3) is 3.77. The minimum absolute atomic E-state index is 0.184. The van der Waals surface area contributed by atoms with Gasteiger partial charge in [-0.2, -0.15) is 0 Å². The van der Waals surface area contributed by atoms with Crippen molar-refractivity contribution in [3.05, 3.63) is 39.9 Å². The standard InChI is InChI=1S/C14H15NO6/c1-2-20-10-5-3-9(4-6-10)13(16)8-21-14(17)11-7-12(11)15(18)19/h3-6,11-12H,2,7-8H2,1H3/t11-,12-/m1/s1. The maximum Gasteiger partial charge on any atom is 0.316 e. The van der Waals surface area contributed by atoms with Crippen molar-refractivity contribution < 1.29 is 24.0 Å². The number of carbonyl (C=O) groups is 2. The maximum absolute atomic E-state index is 11.8. The zero-order valence-electron chi connectivity index (χ0n) is 11.5. The fourth-order valence-electron chi connectivity index (χ4n) is 1.90. The van der Waals surface area contributed by atoms with E-state index in [2.05, 4.69) is 0 Å². The van der Waals surface area contributed by atoms with Gasteiger partial charge in [-0.25, -0.2) is 0 Å². The third-order valence-corrected chi connectivity index (χ3v) is 3.16. The Kier molecular flexibility index (Phi) is 4.52. The SMILES string of the molecule is CCOc1ccc(C(=O)COC(=O)[C@@H]2C[C@H]2[N+](=O)[O-])cc1. The van der Waals surface area contributed by atoms with Crippen LogP contribution in [0.2, 0.25) is 0 Å². The fraction of sp³-hybridized carbons (Fsp3) is 0.429. The summed E-state index contributed by atoms with van der Waals surface area (Å²) in [6, 6.07) is 5.61. The number of nitrogens with zero attached hydrogens (tertiary/aromatic N) is 1. The van der Waals surface area contributed by atoms with Crippen molar-refractivity contribution in [3.8, 4) is 5.75 Å². The summed E-state index contributed by atoms with van der Waals surface area (Å²) in [4.78, 5) is 33.3. The van der Waals surface area contributed by atoms with Crippen LogP contribution in [0.25, 0.3) is 0 Å². The lowest BCUT2D eigenvalue weighted by Gasteiger charge is -2.05. The van der Waals surface area contributed by atoms with Crippen molar-refractivity contribution in [2.24, 2.45) is 5.92 Å². The van der Waals surface area contributed by atoms with E-state index in [-0.39, 0.29) is 12.2 Å². The molecule has 2 atom stereocenters. The van der Waals surface area contributed by atoms with Crippen LogP contribution in [0.3, 0.4) is 0 Å². The van der Waals surface area contributed by atoms with E-state index < -0.39 is 29.5 Å². The molecule has 0 radical (unpaired) electrons. The Labute approximate surface area is 121 Å². The van der Waals surface area contributed by atoms with Crippen LogP contribution < -0.4 is 4.74 Å². The average Bonchev–Trinajstić information content (AvgIpc) is 3.26. The first-order valence-electron chi connectivity index (χ1n) is 6.59. The van der Waals surface area contributed by atoms with Gasteiger partial charge in [0.05, 0.1) is 6.61 Å². The van der Waals surface area contributed by atoms with Crippen LogP contribution in [0.5, 0.6) is 5.75 Å². The molecule has 0 heterocycles. The molecule has 112 valence electrons. The Morgan fingerprint density at radius 1 is 1.33 bits per heavy atom. The van der Waals surface area contributed by atoms with E-state index in [0.29, 0.717) is 17.9 Å². The van der Waals surface area contributed by atoms with E-state index in [4.69, 9.17) is 9.47 Å². The maximum atomic E-state index is 11.8. The van der Waals surface area contributed by atoms with Crippen LogP contribution >= 0.6 is 0 Å². The second-order valence-corrected chi connectivity index (χ2v) is 4.68. The van der Waals surface area contributed by atoms with Crippen LogP contribution in [0.4, 0.5) is 0 Å². The topological polar surface area (TPSA) is 95.7 Å². The normalized spacial score (nSPS) is 19.7. The van der Waals surface area contributed by atoms with Crippen molar-refractivity contribution >= 4 is 11.8 Å². The van der Waals surface area contributed by atoms with E-state index in [1.807, 2.05) is 6.92 Å². The number of Topliss-reactive ketones (excluding diaryl/α,β-unsaturated/α-hetero) is 1. The number of hydrogen-bond donors (Lipinski definition) is 0. The third-order valence-electron chi connectivity index (χ3n) is 3.16. The Bertz CT molecular complexity index is 553. The van der Waals surface area contributed by atoms with Crippen molar-refractivity contribution in [3.63, 3.8) is 0 Å². The van der Waals surface area contributed by atoms with Gasteiger partial charge in [0.1, 0.15) is 11.7 Å². The lowest BCUT2D eigenvalue weighted by Crippen LogP contribution is -2.18. The molecule has 7 nitrogen and oxygen atoms in total. The van der Waals surface area contributed by atoms with E-state index in [9.17, 15) is 19.7 Å². The highest BCUT2D eigenvalue weighted by Gasteiger charge is 2.54. The van der Waals surface area contributed by atoms with Gasteiger partial charge in [-0.15, -0.1) is 0 Å². The van der Waals surface area contributed by atoms with Crippen LogP contribution in [0, 0.1) is 16.0 Å². The largest absolute Gasteiger partial charge is 0.494 e. The molecule has 1 aromatic rings. The molecule has 1 aliphatic carbocycles. The fourth-order valence-corrected chi connectivity index (χ4v) is 1.90. The molecule has 0 unspecified atom stereocenters. The first-order chi connectivity index (χ1) is 10.0. The molecule has 1 fully saturated rings. The molecule has 0 amide bonds. The van der Waals surface area contributed by atoms with Gasteiger partial charge in [0.25, 0.3) is 0 Å². The van der Waals surface area contributed by atoms with Crippen molar-refractivity contribution in [1.82, 2.24) is 0 Å². The molecule has 0 aliphatic heterocycles. The predicted molar refractivity (Wildman–Crippen MR) is 71.8 cm³/mol. The number of ether oxygens (including phenoxy) is 2. The van der Waals surface area contributed by atoms with Crippen molar-refractivity contribution in [2.45, 2.75) is 19.4 Å². The summed E-state index contributed by atoms with van der Waals surface area (Å²) in [5.74, 6) is -1.10. The first kappa shape index (κ1) is 15.0. The van der Waals surface area contributed by atoms with Gasteiger partial charge in [-0.05, 0) is 31.2 Å². The molecule has 2 rings (SSSR count). The van der Waals surface area contributed by atoms with E-state index >= 15 is 0 Å². The number of rotatable bonds is 7. The Morgan fingerprint density at radius 3 is 2.52 bits per heavy atom. The van der Waals surface area contributed by atoms with Gasteiger partial charge in [-0.1, -0.05) is 0 Å². The Morgan fingerprint density at radius 2 is 2.00 bits per heavy atom. The van der Waals surface area contributed by atoms with Gasteiger partial charge >= 0.3 is 5.97 Å². The summed E-state index contributed by atoms with van der Waals surface area (Å²) in [6.07, 6.45) is 0.184. The minimum Gasteiger partial charge on any atom is -0.494 e. The molecule has 0 saturated heterocycles. The summed E-state index contributed by atoms with van der Waals surface area (Å²) in [5, 5.41) is 10.4. The highest BCUT2D eigenvalue weighted by atomic mass is 16.6. The minimum atomic E-state index is -0.863. The molecule has 1 saturated carbocycles. The second-order valence-electron chi connectivity index (χ2n) is 4.68. The predicted octanol–water partition coefficient (Wildman–Crippen LogP) is 1.48. The molecular weight excluding hydrogens is 278 g/mol. The number of esters is 1. The average molecular weight is 293 g/mol. The lowest BCUT2D eigenvalue weighted by molar-refractivity contribution is -0.497. The molecular formula is C14H15NO6. The zero-order chi connectivity index (χ0) is 15.4. The van der Waals surface area contributed by atoms with E-state index in [1.54, 1.807) is 24.3 Å². The number of ketones is 1. The molecule has 0 N–H and O–H groups in total. The highest BCUT2D eigenvalue weighted by Crippen LogP contribution is 2.34. The molecule has 0 bridgehead atoms. The molecule has 0 aromatic heterocycles. The zero-order valence-corrected chi connectivity index (χ0v) is 11.5. The van der Waals surface area contributed by atoms with Crippen LogP contribution in [0.1, 0.15) is 23.7 Å². The first-order valence-corrected chi connectivity index (χ1v) is 6.59.